The van der Waals surface area contributed by atoms with Crippen LogP contribution in [0.2, 0.25) is 0 Å². The van der Waals surface area contributed by atoms with Gasteiger partial charge in [0, 0.05) is 42.5 Å². The number of rotatable bonds is 5. The monoisotopic (exact) mass is 540 g/mol. The Kier molecular flexibility index (Phi) is 6.20. The van der Waals surface area contributed by atoms with Gasteiger partial charge < -0.3 is 9.47 Å². The van der Waals surface area contributed by atoms with Crippen molar-refractivity contribution in [2.24, 2.45) is 0 Å². The summed E-state index contributed by atoms with van der Waals surface area (Å²) < 4.78 is 74.2. The number of nitrogens with zero attached hydrogens (tertiary/aromatic N) is 8. The van der Waals surface area contributed by atoms with Crippen molar-refractivity contribution in [3.63, 3.8) is 0 Å². The van der Waals surface area contributed by atoms with Crippen LogP contribution in [0.25, 0.3) is 16.6 Å². The van der Waals surface area contributed by atoms with Crippen molar-refractivity contribution in [3.8, 4) is 5.69 Å². The molecule has 4 aromatic heterocycles. The van der Waals surface area contributed by atoms with Crippen LogP contribution < -0.4 is 4.90 Å². The van der Waals surface area contributed by atoms with E-state index >= 15 is 8.78 Å². The summed E-state index contributed by atoms with van der Waals surface area (Å²) >= 11 is 0. The predicted octanol–water partition coefficient (Wildman–Crippen LogP) is 4.84. The van der Waals surface area contributed by atoms with Gasteiger partial charge in [0.25, 0.3) is 5.95 Å². The molecule has 1 saturated heterocycles. The Balaban J connectivity index is 1.17. The van der Waals surface area contributed by atoms with Crippen LogP contribution in [0.1, 0.15) is 35.6 Å². The van der Waals surface area contributed by atoms with Crippen LogP contribution in [0.5, 0.6) is 0 Å². The minimum atomic E-state index is -1.59. The third-order valence-corrected chi connectivity index (χ3v) is 7.18. The maximum atomic E-state index is 15.1. The third kappa shape index (κ3) is 4.47. The van der Waals surface area contributed by atoms with Crippen LogP contribution in [-0.4, -0.2) is 47.8 Å². The Morgan fingerprint density at radius 2 is 1.77 bits per heavy atom. The van der Waals surface area contributed by atoms with E-state index in [-0.39, 0.29) is 29.5 Å². The molecule has 5 aromatic rings. The molecule has 1 aromatic carbocycles. The van der Waals surface area contributed by atoms with Gasteiger partial charge in [-0.25, -0.2) is 17.9 Å². The van der Waals surface area contributed by atoms with Crippen LogP contribution in [0.15, 0.2) is 43.0 Å². The standard InChI is InChI=1S/C26H21F5N8/c1-14-22(29)23(30)25(31)34-26(14)37-5-2-15(3-6-37)17-9-19(27)21(32-11-17)12-38-7-4-16-8-18(10-20(28)24(16)38)39-13-33-35-36-39/h4,7-11,13,15H,2-3,5-6,12H2,1H3. The van der Waals surface area contributed by atoms with Crippen LogP contribution in [0.4, 0.5) is 27.8 Å². The number of hydrogen-bond acceptors (Lipinski definition) is 6. The van der Waals surface area contributed by atoms with E-state index in [1.54, 1.807) is 34.0 Å². The summed E-state index contributed by atoms with van der Waals surface area (Å²) in [5.41, 5.74) is 1.58. The fourth-order valence-electron chi connectivity index (χ4n) is 5.12. The second-order valence-corrected chi connectivity index (χ2v) is 9.50. The zero-order valence-electron chi connectivity index (χ0n) is 20.6. The Morgan fingerprint density at radius 3 is 2.49 bits per heavy atom. The Hall–Kier alpha value is -4.42. The van der Waals surface area contributed by atoms with Crippen molar-refractivity contribution in [1.29, 1.82) is 0 Å². The van der Waals surface area contributed by atoms with E-state index in [0.717, 1.165) is 0 Å². The maximum Gasteiger partial charge on any atom is 0.253 e. The summed E-state index contributed by atoms with van der Waals surface area (Å²) in [5.74, 6) is -5.27. The molecule has 0 unspecified atom stereocenters. The van der Waals surface area contributed by atoms with E-state index in [9.17, 15) is 13.2 Å². The second-order valence-electron chi connectivity index (χ2n) is 9.50. The number of piperidine rings is 1. The van der Waals surface area contributed by atoms with Gasteiger partial charge in [0.15, 0.2) is 5.82 Å². The number of benzene rings is 1. The van der Waals surface area contributed by atoms with Crippen molar-refractivity contribution in [3.05, 3.63) is 89.0 Å². The van der Waals surface area contributed by atoms with Gasteiger partial charge >= 0.3 is 0 Å². The van der Waals surface area contributed by atoms with Gasteiger partial charge in [-0.3, -0.25) is 4.98 Å². The first kappa shape index (κ1) is 24.9. The van der Waals surface area contributed by atoms with Gasteiger partial charge in [-0.15, -0.1) is 5.10 Å². The molecule has 6 rings (SSSR count). The number of hydrogen-bond donors (Lipinski definition) is 0. The molecule has 0 amide bonds. The molecular formula is C26H21F5N8. The van der Waals surface area contributed by atoms with Crippen molar-refractivity contribution < 1.29 is 22.0 Å². The average molecular weight is 541 g/mol. The second kappa shape index (κ2) is 9.71. The highest BCUT2D eigenvalue weighted by molar-refractivity contribution is 5.83. The molecule has 5 heterocycles. The predicted molar refractivity (Wildman–Crippen MR) is 131 cm³/mol. The van der Waals surface area contributed by atoms with Crippen molar-refractivity contribution in [1.82, 2.24) is 34.7 Å². The van der Waals surface area contributed by atoms with Gasteiger partial charge in [-0.2, -0.15) is 13.8 Å². The van der Waals surface area contributed by atoms with Crippen LogP contribution in [-0.2, 0) is 6.54 Å². The molecule has 0 saturated carbocycles. The van der Waals surface area contributed by atoms with Crippen molar-refractivity contribution in [2.75, 3.05) is 18.0 Å². The minimum absolute atomic E-state index is 0.0257. The highest BCUT2D eigenvalue weighted by Crippen LogP contribution is 2.33. The molecule has 1 aliphatic rings. The summed E-state index contributed by atoms with van der Waals surface area (Å²) in [6.45, 7) is 2.21. The van der Waals surface area contributed by atoms with E-state index < -0.39 is 29.2 Å². The lowest BCUT2D eigenvalue weighted by atomic mass is 9.90. The highest BCUT2D eigenvalue weighted by Gasteiger charge is 2.27. The highest BCUT2D eigenvalue weighted by atomic mass is 19.2. The van der Waals surface area contributed by atoms with Crippen LogP contribution >= 0.6 is 0 Å². The molecule has 8 nitrogen and oxygen atoms in total. The third-order valence-electron chi connectivity index (χ3n) is 7.18. The lowest BCUT2D eigenvalue weighted by Crippen LogP contribution is -2.34. The summed E-state index contributed by atoms with van der Waals surface area (Å²) in [4.78, 5) is 9.63. The smallest absolute Gasteiger partial charge is 0.253 e. The maximum absolute atomic E-state index is 15.1. The van der Waals surface area contributed by atoms with Gasteiger partial charge in [-0.1, -0.05) is 0 Å². The van der Waals surface area contributed by atoms with Gasteiger partial charge in [0.05, 0.1) is 23.4 Å². The Bertz CT molecular complexity index is 1680. The van der Waals surface area contributed by atoms with Gasteiger partial charge in [-0.05, 0) is 59.9 Å². The minimum Gasteiger partial charge on any atom is -0.356 e. The zero-order chi connectivity index (χ0) is 27.3. The fraction of sp³-hybridized carbons (Fsp3) is 0.269. The summed E-state index contributed by atoms with van der Waals surface area (Å²) in [7, 11) is 0. The van der Waals surface area contributed by atoms with Gasteiger partial charge in [0.2, 0.25) is 5.82 Å². The molecule has 200 valence electrons. The molecule has 13 heteroatoms. The lowest BCUT2D eigenvalue weighted by Gasteiger charge is -2.33. The van der Waals surface area contributed by atoms with E-state index in [4.69, 9.17) is 0 Å². The molecule has 1 aliphatic heterocycles. The molecule has 0 aliphatic carbocycles. The normalized spacial score (nSPS) is 14.5. The average Bonchev–Trinajstić information content (AvgIpc) is 3.62. The summed E-state index contributed by atoms with van der Waals surface area (Å²) in [5, 5.41) is 11.5. The van der Waals surface area contributed by atoms with Gasteiger partial charge in [0.1, 0.15) is 23.8 Å². The van der Waals surface area contributed by atoms with E-state index in [1.807, 2.05) is 0 Å². The molecule has 39 heavy (non-hydrogen) atoms. The zero-order valence-corrected chi connectivity index (χ0v) is 20.6. The van der Waals surface area contributed by atoms with Crippen LogP contribution in [0, 0.1) is 36.1 Å². The SMILES string of the molecule is Cc1c(N2CCC(c3cnc(Cn4ccc5cc(-n6cnnn6)cc(F)c54)c(F)c3)CC2)nc(F)c(F)c1F. The number of halogens is 5. The molecule has 0 radical (unpaired) electrons. The largest absolute Gasteiger partial charge is 0.356 e. The first-order chi connectivity index (χ1) is 18.8. The van der Waals surface area contributed by atoms with Crippen LogP contribution in [0.3, 0.4) is 0 Å². The molecule has 0 spiro atoms. The Labute approximate surface area is 218 Å². The van der Waals surface area contributed by atoms with Crippen molar-refractivity contribution >= 4 is 16.7 Å². The van der Waals surface area contributed by atoms with E-state index in [2.05, 4.69) is 25.5 Å². The summed E-state index contributed by atoms with van der Waals surface area (Å²) in [6.07, 6.45) is 5.78. The van der Waals surface area contributed by atoms with E-state index in [0.29, 0.717) is 48.1 Å². The number of anilines is 1. The Morgan fingerprint density at radius 1 is 0.974 bits per heavy atom. The quantitative estimate of drug-likeness (QED) is 0.235. The number of fused-ring (bicyclic) bond motifs is 1. The number of aromatic nitrogens is 7. The molecule has 0 bridgehead atoms. The lowest BCUT2D eigenvalue weighted by molar-refractivity contribution is 0.419. The number of tetrazole rings is 1. The first-order valence-electron chi connectivity index (χ1n) is 12.2. The van der Waals surface area contributed by atoms with Crippen molar-refractivity contribution in [2.45, 2.75) is 32.2 Å². The summed E-state index contributed by atoms with van der Waals surface area (Å²) in [6, 6.07) is 6.19. The van der Waals surface area contributed by atoms with E-state index in [1.165, 1.54) is 30.1 Å². The molecule has 1 fully saturated rings. The fourth-order valence-corrected chi connectivity index (χ4v) is 5.12. The molecular weight excluding hydrogens is 519 g/mol. The topological polar surface area (TPSA) is 77.5 Å². The molecule has 0 atom stereocenters. The molecule has 0 N–H and O–H groups in total. The first-order valence-corrected chi connectivity index (χ1v) is 12.2. The number of pyridine rings is 2.